The third-order valence-corrected chi connectivity index (χ3v) is 4.25. The Kier molecular flexibility index (Phi) is 5.65. The van der Waals surface area contributed by atoms with E-state index in [9.17, 15) is 10.2 Å². The zero-order valence-corrected chi connectivity index (χ0v) is 13.2. The molecule has 0 unspecified atom stereocenters. The number of phenols is 1. The lowest BCUT2D eigenvalue weighted by atomic mass is 10.0. The Bertz CT molecular complexity index is 450. The van der Waals surface area contributed by atoms with Gasteiger partial charge in [-0.25, -0.2) is 0 Å². The molecular weight excluding hydrogens is 324 g/mol. The zero-order chi connectivity index (χ0) is 14.5. The van der Waals surface area contributed by atoms with Crippen LogP contribution >= 0.6 is 15.9 Å². The fourth-order valence-electron chi connectivity index (χ4n) is 2.62. The van der Waals surface area contributed by atoms with Gasteiger partial charge in [0.1, 0.15) is 0 Å². The molecule has 20 heavy (non-hydrogen) atoms. The molecule has 1 saturated heterocycles. The highest BCUT2D eigenvalue weighted by atomic mass is 79.9. The lowest BCUT2D eigenvalue weighted by Gasteiger charge is -2.35. The Balaban J connectivity index is 2.30. The van der Waals surface area contributed by atoms with Crippen molar-refractivity contribution in [1.82, 2.24) is 10.2 Å². The molecule has 0 bridgehead atoms. The number of aliphatic hydroxyl groups is 1. The predicted molar refractivity (Wildman–Crippen MR) is 81.2 cm³/mol. The van der Waals surface area contributed by atoms with Gasteiger partial charge in [0.05, 0.1) is 11.6 Å². The minimum absolute atomic E-state index is 0.110. The van der Waals surface area contributed by atoms with Crippen molar-refractivity contribution in [3.63, 3.8) is 0 Å². The van der Waals surface area contributed by atoms with E-state index in [1.807, 2.05) is 12.1 Å². The Morgan fingerprint density at radius 2 is 2.10 bits per heavy atom. The van der Waals surface area contributed by atoms with Crippen molar-refractivity contribution < 1.29 is 14.9 Å². The molecule has 1 aliphatic heterocycles. The molecule has 6 heteroatoms. The van der Waals surface area contributed by atoms with Gasteiger partial charge in [0.15, 0.2) is 11.5 Å². The highest BCUT2D eigenvalue weighted by molar-refractivity contribution is 9.10. The molecule has 0 amide bonds. The van der Waals surface area contributed by atoms with Crippen LogP contribution < -0.4 is 10.1 Å². The Hall–Kier alpha value is -0.820. The van der Waals surface area contributed by atoms with E-state index in [1.54, 1.807) is 0 Å². The van der Waals surface area contributed by atoms with Crippen molar-refractivity contribution in [2.75, 3.05) is 39.9 Å². The van der Waals surface area contributed by atoms with Gasteiger partial charge in [-0.05, 0) is 40.0 Å². The largest absolute Gasteiger partial charge is 0.503 e. The Morgan fingerprint density at radius 1 is 1.40 bits per heavy atom. The molecule has 0 aliphatic carbocycles. The number of aromatic hydroxyl groups is 1. The number of phenolic OH excluding ortho intramolecular Hbond substituents is 1. The normalized spacial score (nSPS) is 17.9. The molecule has 2 rings (SSSR count). The van der Waals surface area contributed by atoms with Crippen LogP contribution in [0, 0.1) is 0 Å². The molecule has 1 atom stereocenters. The molecular formula is C14H21BrN2O3. The van der Waals surface area contributed by atoms with Gasteiger partial charge in [-0.1, -0.05) is 0 Å². The van der Waals surface area contributed by atoms with Gasteiger partial charge < -0.3 is 20.3 Å². The van der Waals surface area contributed by atoms with E-state index in [1.165, 1.54) is 7.11 Å². The second-order valence-corrected chi connectivity index (χ2v) is 5.72. The average molecular weight is 345 g/mol. The number of aliphatic hydroxyl groups excluding tert-OH is 1. The summed E-state index contributed by atoms with van der Waals surface area (Å²) in [6.07, 6.45) is 0.667. The van der Waals surface area contributed by atoms with E-state index < -0.39 is 0 Å². The third-order valence-electron chi connectivity index (χ3n) is 3.65. The van der Waals surface area contributed by atoms with Gasteiger partial charge in [-0.3, -0.25) is 4.90 Å². The molecule has 5 nitrogen and oxygen atoms in total. The van der Waals surface area contributed by atoms with Crippen molar-refractivity contribution in [1.29, 1.82) is 0 Å². The van der Waals surface area contributed by atoms with Crippen LogP contribution in [-0.4, -0.2) is 55.0 Å². The number of nitrogens with one attached hydrogen (secondary N) is 1. The molecule has 112 valence electrons. The molecule has 0 saturated carbocycles. The summed E-state index contributed by atoms with van der Waals surface area (Å²) in [6.45, 7) is 3.95. The summed E-state index contributed by atoms with van der Waals surface area (Å²) < 4.78 is 5.82. The quantitative estimate of drug-likeness (QED) is 0.755. The van der Waals surface area contributed by atoms with E-state index >= 15 is 0 Å². The summed E-state index contributed by atoms with van der Waals surface area (Å²) in [6, 6.07) is 3.88. The maximum atomic E-state index is 9.90. The number of benzene rings is 1. The summed E-state index contributed by atoms with van der Waals surface area (Å²) in [5.41, 5.74) is 1.04. The fourth-order valence-corrected chi connectivity index (χ4v) is 3.08. The summed E-state index contributed by atoms with van der Waals surface area (Å²) in [7, 11) is 1.54. The number of hydrogen-bond donors (Lipinski definition) is 3. The first-order chi connectivity index (χ1) is 9.67. The number of ether oxygens (including phenoxy) is 1. The highest BCUT2D eigenvalue weighted by Crippen LogP contribution is 2.38. The van der Waals surface area contributed by atoms with Crippen LogP contribution in [0.3, 0.4) is 0 Å². The van der Waals surface area contributed by atoms with Crippen molar-refractivity contribution in [3.05, 3.63) is 22.2 Å². The van der Waals surface area contributed by atoms with Gasteiger partial charge in [0.25, 0.3) is 0 Å². The van der Waals surface area contributed by atoms with Gasteiger partial charge in [0.2, 0.25) is 0 Å². The monoisotopic (exact) mass is 344 g/mol. The second-order valence-electron chi connectivity index (χ2n) is 4.87. The van der Waals surface area contributed by atoms with E-state index in [0.29, 0.717) is 16.6 Å². The molecule has 1 heterocycles. The zero-order valence-electron chi connectivity index (χ0n) is 11.6. The summed E-state index contributed by atoms with van der Waals surface area (Å²) in [5.74, 6) is 0.562. The average Bonchev–Trinajstić information content (AvgIpc) is 2.48. The molecule has 0 aromatic heterocycles. The van der Waals surface area contributed by atoms with Crippen LogP contribution in [0.2, 0.25) is 0 Å². The minimum atomic E-state index is 0.110. The molecule has 0 radical (unpaired) electrons. The summed E-state index contributed by atoms with van der Waals surface area (Å²) >= 11 is 3.36. The molecule has 1 aliphatic rings. The first kappa shape index (κ1) is 15.6. The van der Waals surface area contributed by atoms with Crippen LogP contribution in [0.5, 0.6) is 11.5 Å². The van der Waals surface area contributed by atoms with Gasteiger partial charge in [0, 0.05) is 38.8 Å². The Labute approximate surface area is 127 Å². The SMILES string of the molecule is COc1cc([C@H](CCO)N2CCNCC2)cc(Br)c1O. The van der Waals surface area contributed by atoms with Crippen LogP contribution in [0.25, 0.3) is 0 Å². The van der Waals surface area contributed by atoms with Crippen LogP contribution in [0.15, 0.2) is 16.6 Å². The smallest absolute Gasteiger partial charge is 0.172 e. The van der Waals surface area contributed by atoms with Gasteiger partial charge in [-0.15, -0.1) is 0 Å². The topological polar surface area (TPSA) is 65.0 Å². The summed E-state index contributed by atoms with van der Waals surface area (Å²) in [4.78, 5) is 2.35. The second kappa shape index (κ2) is 7.26. The number of nitrogens with zero attached hydrogens (tertiary/aromatic N) is 1. The number of piperazine rings is 1. The van der Waals surface area contributed by atoms with Crippen LogP contribution in [0.1, 0.15) is 18.0 Å². The Morgan fingerprint density at radius 3 is 2.70 bits per heavy atom. The number of methoxy groups -OCH3 is 1. The fraction of sp³-hybridized carbons (Fsp3) is 0.571. The predicted octanol–water partition coefficient (Wildman–Crippen LogP) is 1.49. The molecule has 1 fully saturated rings. The van der Waals surface area contributed by atoms with E-state index in [-0.39, 0.29) is 18.4 Å². The molecule has 3 N–H and O–H groups in total. The van der Waals surface area contributed by atoms with Crippen molar-refractivity contribution >= 4 is 15.9 Å². The number of hydrogen-bond acceptors (Lipinski definition) is 5. The number of halogens is 1. The number of rotatable bonds is 5. The van der Waals surface area contributed by atoms with E-state index in [0.717, 1.165) is 31.7 Å². The molecule has 1 aromatic rings. The maximum Gasteiger partial charge on any atom is 0.172 e. The van der Waals surface area contributed by atoms with Crippen molar-refractivity contribution in [2.24, 2.45) is 0 Å². The third kappa shape index (κ3) is 3.44. The maximum absolute atomic E-state index is 9.90. The van der Waals surface area contributed by atoms with Gasteiger partial charge >= 0.3 is 0 Å². The standard InChI is InChI=1S/C14H21BrN2O3/c1-20-13-9-10(8-11(15)14(13)19)12(2-7-18)17-5-3-16-4-6-17/h8-9,12,16,18-19H,2-7H2,1H3/t12-/m0/s1. The van der Waals surface area contributed by atoms with Gasteiger partial charge in [-0.2, -0.15) is 0 Å². The van der Waals surface area contributed by atoms with E-state index in [2.05, 4.69) is 26.1 Å². The first-order valence-electron chi connectivity index (χ1n) is 6.79. The highest BCUT2D eigenvalue weighted by Gasteiger charge is 2.23. The van der Waals surface area contributed by atoms with Crippen LogP contribution in [0.4, 0.5) is 0 Å². The molecule has 1 aromatic carbocycles. The summed E-state index contributed by atoms with van der Waals surface area (Å²) in [5, 5.41) is 22.6. The minimum Gasteiger partial charge on any atom is -0.503 e. The van der Waals surface area contributed by atoms with E-state index in [4.69, 9.17) is 4.74 Å². The molecule has 0 spiro atoms. The van der Waals surface area contributed by atoms with Crippen LogP contribution in [-0.2, 0) is 0 Å². The lowest BCUT2D eigenvalue weighted by Crippen LogP contribution is -2.45. The van der Waals surface area contributed by atoms with Crippen molar-refractivity contribution in [3.8, 4) is 11.5 Å². The first-order valence-corrected chi connectivity index (χ1v) is 7.58. The van der Waals surface area contributed by atoms with Crippen molar-refractivity contribution in [2.45, 2.75) is 12.5 Å². The lowest BCUT2D eigenvalue weighted by molar-refractivity contribution is 0.141.